The van der Waals surface area contributed by atoms with Crippen LogP contribution in [0.1, 0.15) is 45.1 Å². The van der Waals surface area contributed by atoms with E-state index in [9.17, 15) is 0 Å². The molecule has 0 N–H and O–H groups in total. The van der Waals surface area contributed by atoms with Gasteiger partial charge in [-0.2, -0.15) is 0 Å². The number of benzene rings is 1. The van der Waals surface area contributed by atoms with Crippen LogP contribution in [0.3, 0.4) is 0 Å². The van der Waals surface area contributed by atoms with E-state index in [0.717, 1.165) is 37.2 Å². The third-order valence-corrected chi connectivity index (χ3v) is 3.50. The Morgan fingerprint density at radius 1 is 1.06 bits per heavy atom. The second kappa shape index (κ2) is 7.84. The first kappa shape index (κ1) is 14.7. The van der Waals surface area contributed by atoms with E-state index in [4.69, 9.17) is 27.9 Å². The van der Waals surface area contributed by atoms with Gasteiger partial charge in [0.05, 0.1) is 16.7 Å². The topological polar surface area (TPSA) is 9.23 Å². The number of unbranched alkanes of at least 4 members (excludes halogenated alkanes) is 2. The lowest BCUT2D eigenvalue weighted by molar-refractivity contribution is 0.303. The molecule has 17 heavy (non-hydrogen) atoms. The molecule has 0 saturated heterocycles. The van der Waals surface area contributed by atoms with Crippen LogP contribution >= 0.6 is 23.2 Å². The maximum absolute atomic E-state index is 6.21. The van der Waals surface area contributed by atoms with Gasteiger partial charge in [0, 0.05) is 5.56 Å². The molecule has 0 amide bonds. The molecule has 1 rings (SSSR count). The molecule has 1 nitrogen and oxygen atoms in total. The van der Waals surface area contributed by atoms with Gasteiger partial charge in [-0.05, 0) is 25.0 Å². The van der Waals surface area contributed by atoms with Crippen LogP contribution in [0.2, 0.25) is 10.0 Å². The minimum Gasteiger partial charge on any atom is -0.493 e. The molecular formula is C14H20Cl2O. The first-order valence-electron chi connectivity index (χ1n) is 6.30. The third kappa shape index (κ3) is 4.40. The number of ether oxygens (including phenoxy) is 1. The van der Waals surface area contributed by atoms with Gasteiger partial charge < -0.3 is 4.74 Å². The fourth-order valence-corrected chi connectivity index (χ4v) is 2.15. The van der Waals surface area contributed by atoms with Gasteiger partial charge in [0.25, 0.3) is 0 Å². The Bertz CT molecular complexity index is 350. The van der Waals surface area contributed by atoms with Crippen LogP contribution in [0.4, 0.5) is 0 Å². The summed E-state index contributed by atoms with van der Waals surface area (Å²) in [5.74, 6) is 0.886. The van der Waals surface area contributed by atoms with Gasteiger partial charge in [-0.3, -0.25) is 0 Å². The van der Waals surface area contributed by atoms with Crippen LogP contribution in [-0.4, -0.2) is 6.61 Å². The van der Waals surface area contributed by atoms with Crippen LogP contribution in [-0.2, 0) is 6.42 Å². The summed E-state index contributed by atoms with van der Waals surface area (Å²) < 4.78 is 5.78. The normalized spacial score (nSPS) is 10.6. The lowest BCUT2D eigenvalue weighted by Gasteiger charge is -2.13. The number of rotatable bonds is 7. The summed E-state index contributed by atoms with van der Waals surface area (Å²) in [5, 5.41) is 1.25. The molecule has 0 fully saturated rings. The molecule has 0 heterocycles. The summed E-state index contributed by atoms with van der Waals surface area (Å²) in [6.07, 6.45) is 5.42. The highest BCUT2D eigenvalue weighted by Crippen LogP contribution is 2.34. The quantitative estimate of drug-likeness (QED) is 0.596. The number of hydrogen-bond donors (Lipinski definition) is 0. The van der Waals surface area contributed by atoms with Crippen molar-refractivity contribution in [3.8, 4) is 5.75 Å². The highest BCUT2D eigenvalue weighted by Gasteiger charge is 2.11. The first-order chi connectivity index (χ1) is 8.20. The maximum atomic E-state index is 6.21. The summed E-state index contributed by atoms with van der Waals surface area (Å²) in [7, 11) is 0. The Morgan fingerprint density at radius 2 is 1.82 bits per heavy atom. The fourth-order valence-electron chi connectivity index (χ4n) is 1.73. The second-order valence-corrected chi connectivity index (χ2v) is 4.93. The minimum atomic E-state index is 0.607. The molecule has 96 valence electrons. The van der Waals surface area contributed by atoms with Gasteiger partial charge in [0.1, 0.15) is 5.75 Å². The average Bonchev–Trinajstić information content (AvgIpc) is 2.33. The van der Waals surface area contributed by atoms with Crippen molar-refractivity contribution in [3.63, 3.8) is 0 Å². The Labute approximate surface area is 114 Å². The Kier molecular flexibility index (Phi) is 6.76. The SMILES string of the molecule is CCCCCOc1ccc(Cl)c(Cl)c1CCC. The Morgan fingerprint density at radius 3 is 2.47 bits per heavy atom. The van der Waals surface area contributed by atoms with E-state index in [-0.39, 0.29) is 0 Å². The van der Waals surface area contributed by atoms with Crippen LogP contribution in [0, 0.1) is 0 Å². The third-order valence-electron chi connectivity index (χ3n) is 2.66. The van der Waals surface area contributed by atoms with Crippen molar-refractivity contribution in [1.82, 2.24) is 0 Å². The smallest absolute Gasteiger partial charge is 0.124 e. The minimum absolute atomic E-state index is 0.607. The lowest BCUT2D eigenvalue weighted by atomic mass is 10.1. The fraction of sp³-hybridized carbons (Fsp3) is 0.571. The molecule has 1 aromatic rings. The Balaban J connectivity index is 2.72. The molecule has 0 atom stereocenters. The van der Waals surface area contributed by atoms with Crippen LogP contribution in [0.15, 0.2) is 12.1 Å². The van der Waals surface area contributed by atoms with Crippen molar-refractivity contribution in [3.05, 3.63) is 27.7 Å². The molecule has 0 aromatic heterocycles. The summed E-state index contributed by atoms with van der Waals surface area (Å²) >= 11 is 12.2. The van der Waals surface area contributed by atoms with Crippen molar-refractivity contribution < 1.29 is 4.74 Å². The molecular weight excluding hydrogens is 255 g/mol. The highest BCUT2D eigenvalue weighted by molar-refractivity contribution is 6.42. The zero-order valence-electron chi connectivity index (χ0n) is 10.6. The van der Waals surface area contributed by atoms with Gasteiger partial charge in [-0.15, -0.1) is 0 Å². The van der Waals surface area contributed by atoms with Gasteiger partial charge >= 0.3 is 0 Å². The maximum Gasteiger partial charge on any atom is 0.124 e. The van der Waals surface area contributed by atoms with Crippen LogP contribution < -0.4 is 4.74 Å². The van der Waals surface area contributed by atoms with Crippen LogP contribution in [0.25, 0.3) is 0 Å². The summed E-state index contributed by atoms with van der Waals surface area (Å²) in [4.78, 5) is 0. The van der Waals surface area contributed by atoms with Crippen molar-refractivity contribution in [2.45, 2.75) is 46.0 Å². The molecule has 1 aromatic carbocycles. The van der Waals surface area contributed by atoms with E-state index >= 15 is 0 Å². The summed E-state index contributed by atoms with van der Waals surface area (Å²) in [5.41, 5.74) is 1.04. The molecule has 0 spiro atoms. The van der Waals surface area contributed by atoms with E-state index in [1.807, 2.05) is 6.07 Å². The first-order valence-corrected chi connectivity index (χ1v) is 7.06. The predicted octanol–water partition coefficient (Wildman–Crippen LogP) is 5.51. The van der Waals surface area contributed by atoms with E-state index < -0.39 is 0 Å². The van der Waals surface area contributed by atoms with Crippen molar-refractivity contribution in [2.24, 2.45) is 0 Å². The number of halogens is 2. The van der Waals surface area contributed by atoms with Crippen LogP contribution in [0.5, 0.6) is 5.75 Å². The van der Waals surface area contributed by atoms with Gasteiger partial charge in [0.2, 0.25) is 0 Å². The summed E-state index contributed by atoms with van der Waals surface area (Å²) in [6, 6.07) is 3.73. The van der Waals surface area contributed by atoms with Gasteiger partial charge in [-0.1, -0.05) is 56.3 Å². The molecule has 0 saturated carbocycles. The molecule has 3 heteroatoms. The molecule has 0 aliphatic rings. The second-order valence-electron chi connectivity index (χ2n) is 4.14. The average molecular weight is 275 g/mol. The Hall–Kier alpha value is -0.400. The van der Waals surface area contributed by atoms with Crippen molar-refractivity contribution in [1.29, 1.82) is 0 Å². The molecule has 0 aliphatic heterocycles. The van der Waals surface area contributed by atoms with E-state index in [2.05, 4.69) is 13.8 Å². The summed E-state index contributed by atoms with van der Waals surface area (Å²) in [6.45, 7) is 5.06. The standard InChI is InChI=1S/C14H20Cl2O/c1-3-5-6-10-17-13-9-8-12(15)14(16)11(13)7-4-2/h8-9H,3-7,10H2,1-2H3. The largest absolute Gasteiger partial charge is 0.493 e. The zero-order chi connectivity index (χ0) is 12.7. The van der Waals surface area contributed by atoms with Gasteiger partial charge in [-0.25, -0.2) is 0 Å². The highest BCUT2D eigenvalue weighted by atomic mass is 35.5. The van der Waals surface area contributed by atoms with E-state index in [0.29, 0.717) is 10.0 Å². The predicted molar refractivity (Wildman–Crippen MR) is 75.5 cm³/mol. The van der Waals surface area contributed by atoms with Gasteiger partial charge in [0.15, 0.2) is 0 Å². The monoisotopic (exact) mass is 274 g/mol. The molecule has 0 unspecified atom stereocenters. The lowest BCUT2D eigenvalue weighted by Crippen LogP contribution is -2.01. The zero-order valence-corrected chi connectivity index (χ0v) is 12.1. The van der Waals surface area contributed by atoms with E-state index in [1.165, 1.54) is 12.8 Å². The van der Waals surface area contributed by atoms with Crippen molar-refractivity contribution >= 4 is 23.2 Å². The molecule has 0 radical (unpaired) electrons. The number of hydrogen-bond acceptors (Lipinski definition) is 1. The van der Waals surface area contributed by atoms with Crippen molar-refractivity contribution in [2.75, 3.05) is 6.61 Å². The van der Waals surface area contributed by atoms with E-state index in [1.54, 1.807) is 6.07 Å². The molecule has 0 bridgehead atoms. The molecule has 0 aliphatic carbocycles.